The average molecular weight is 290 g/mol. The average Bonchev–Trinajstić information content (AvgIpc) is 2.49. The Bertz CT molecular complexity index is 542. The predicted octanol–water partition coefficient (Wildman–Crippen LogP) is 2.14. The Kier molecular flexibility index (Phi) is 4.83. The second-order valence-electron chi connectivity index (χ2n) is 5.28. The van der Waals surface area contributed by atoms with Crippen molar-refractivity contribution in [3.8, 4) is 0 Å². The van der Waals surface area contributed by atoms with E-state index in [2.05, 4.69) is 0 Å². The molecule has 21 heavy (non-hydrogen) atoms. The van der Waals surface area contributed by atoms with Crippen LogP contribution in [-0.2, 0) is 9.53 Å². The molecule has 1 atom stereocenters. The molecule has 0 aliphatic carbocycles. The molecule has 0 spiro atoms. The number of nitrogens with two attached hydrogens (primary N) is 1. The van der Waals surface area contributed by atoms with Crippen molar-refractivity contribution in [1.82, 2.24) is 4.90 Å². The van der Waals surface area contributed by atoms with Crippen LogP contribution >= 0.6 is 0 Å². The molecule has 2 N–H and O–H groups in total. The van der Waals surface area contributed by atoms with Gasteiger partial charge < -0.3 is 15.4 Å². The molecule has 5 nitrogen and oxygen atoms in total. The van der Waals surface area contributed by atoms with Gasteiger partial charge in [0.05, 0.1) is 6.61 Å². The number of rotatable bonds is 3. The highest BCUT2D eigenvalue weighted by Gasteiger charge is 2.34. The summed E-state index contributed by atoms with van der Waals surface area (Å²) in [6.07, 6.45) is 2.50. The van der Waals surface area contributed by atoms with Crippen LogP contribution in [0, 0.1) is 6.92 Å². The second-order valence-corrected chi connectivity index (χ2v) is 5.28. The first-order chi connectivity index (χ1) is 10.1. The van der Waals surface area contributed by atoms with Crippen LogP contribution in [0.1, 0.15) is 42.1 Å². The van der Waals surface area contributed by atoms with Gasteiger partial charge in [0.25, 0.3) is 5.91 Å². The van der Waals surface area contributed by atoms with Gasteiger partial charge in [0, 0.05) is 17.8 Å². The van der Waals surface area contributed by atoms with Gasteiger partial charge in [-0.05, 0) is 50.8 Å². The maximum absolute atomic E-state index is 12.8. The molecule has 0 bridgehead atoms. The normalized spacial score (nSPS) is 18.4. The summed E-state index contributed by atoms with van der Waals surface area (Å²) in [5.41, 5.74) is 7.78. The summed E-state index contributed by atoms with van der Waals surface area (Å²) in [6.45, 7) is 4.51. The van der Waals surface area contributed by atoms with Crippen molar-refractivity contribution in [1.29, 1.82) is 0 Å². The van der Waals surface area contributed by atoms with Gasteiger partial charge >= 0.3 is 5.97 Å². The third-order valence-electron chi connectivity index (χ3n) is 3.93. The maximum atomic E-state index is 12.8. The van der Waals surface area contributed by atoms with Crippen molar-refractivity contribution in [3.05, 3.63) is 29.3 Å². The maximum Gasteiger partial charge on any atom is 0.328 e. The standard InChI is InChI=1S/C16H22N2O3/c1-3-21-16(20)14-9-4-5-10-18(14)15(19)12-7-6-8-13(17)11(12)2/h6-8,14H,3-5,9-10,17H2,1-2H3. The van der Waals surface area contributed by atoms with Gasteiger partial charge in [0.1, 0.15) is 6.04 Å². The molecular formula is C16H22N2O3. The third kappa shape index (κ3) is 3.17. The van der Waals surface area contributed by atoms with Gasteiger partial charge in [-0.25, -0.2) is 4.79 Å². The lowest BCUT2D eigenvalue weighted by atomic mass is 9.99. The van der Waals surface area contributed by atoms with E-state index in [9.17, 15) is 9.59 Å². The van der Waals surface area contributed by atoms with E-state index in [-0.39, 0.29) is 11.9 Å². The zero-order valence-corrected chi connectivity index (χ0v) is 12.6. The SMILES string of the molecule is CCOC(=O)C1CCCCN1C(=O)c1cccc(N)c1C. The summed E-state index contributed by atoms with van der Waals surface area (Å²) in [5, 5.41) is 0. The van der Waals surface area contributed by atoms with Crippen LogP contribution in [0.2, 0.25) is 0 Å². The number of likely N-dealkylation sites (tertiary alicyclic amines) is 1. The number of esters is 1. The number of amides is 1. The quantitative estimate of drug-likeness (QED) is 0.683. The van der Waals surface area contributed by atoms with E-state index in [1.165, 1.54) is 0 Å². The lowest BCUT2D eigenvalue weighted by Crippen LogP contribution is -2.48. The summed E-state index contributed by atoms with van der Waals surface area (Å²) >= 11 is 0. The van der Waals surface area contributed by atoms with Crippen LogP contribution in [-0.4, -0.2) is 36.0 Å². The highest BCUT2D eigenvalue weighted by atomic mass is 16.5. The Morgan fingerprint density at radius 1 is 1.38 bits per heavy atom. The first kappa shape index (κ1) is 15.4. The third-order valence-corrected chi connectivity index (χ3v) is 3.93. The molecule has 1 aromatic rings. The fraction of sp³-hybridized carbons (Fsp3) is 0.500. The molecule has 1 fully saturated rings. The summed E-state index contributed by atoms with van der Waals surface area (Å²) in [5.74, 6) is -0.454. The van der Waals surface area contributed by atoms with Crippen LogP contribution in [0.4, 0.5) is 5.69 Å². The number of carbonyl (C=O) groups excluding carboxylic acids is 2. The smallest absolute Gasteiger partial charge is 0.328 e. The van der Waals surface area contributed by atoms with Gasteiger partial charge in [-0.15, -0.1) is 0 Å². The van der Waals surface area contributed by atoms with Crippen LogP contribution in [0.3, 0.4) is 0 Å². The molecule has 2 rings (SSSR count). The minimum Gasteiger partial charge on any atom is -0.464 e. The van der Waals surface area contributed by atoms with Gasteiger partial charge in [-0.1, -0.05) is 6.07 Å². The molecule has 0 saturated carbocycles. The van der Waals surface area contributed by atoms with E-state index in [0.717, 1.165) is 18.4 Å². The number of ether oxygens (including phenoxy) is 1. The van der Waals surface area contributed by atoms with E-state index < -0.39 is 6.04 Å². The number of anilines is 1. The minimum absolute atomic E-state index is 0.141. The molecule has 1 saturated heterocycles. The number of nitrogen functional groups attached to an aromatic ring is 1. The monoisotopic (exact) mass is 290 g/mol. The van der Waals surface area contributed by atoms with Crippen molar-refractivity contribution < 1.29 is 14.3 Å². The number of hydrogen-bond acceptors (Lipinski definition) is 4. The lowest BCUT2D eigenvalue weighted by Gasteiger charge is -2.34. The number of nitrogens with zero attached hydrogens (tertiary/aromatic N) is 1. The molecule has 1 amide bonds. The van der Waals surface area contributed by atoms with E-state index in [1.807, 2.05) is 6.92 Å². The van der Waals surface area contributed by atoms with Crippen LogP contribution in [0.15, 0.2) is 18.2 Å². The molecule has 1 aliphatic heterocycles. The summed E-state index contributed by atoms with van der Waals surface area (Å²) in [6, 6.07) is 4.81. The minimum atomic E-state index is -0.480. The van der Waals surface area contributed by atoms with Crippen LogP contribution in [0.25, 0.3) is 0 Å². The van der Waals surface area contributed by atoms with Crippen molar-refractivity contribution in [2.75, 3.05) is 18.9 Å². The largest absolute Gasteiger partial charge is 0.464 e. The number of hydrogen-bond donors (Lipinski definition) is 1. The summed E-state index contributed by atoms with van der Waals surface area (Å²) < 4.78 is 5.09. The van der Waals surface area contributed by atoms with Gasteiger partial charge in [0.2, 0.25) is 0 Å². The van der Waals surface area contributed by atoms with Crippen molar-refractivity contribution in [2.45, 2.75) is 39.2 Å². The summed E-state index contributed by atoms with van der Waals surface area (Å²) in [4.78, 5) is 26.4. The molecule has 0 radical (unpaired) electrons. The van der Waals surface area contributed by atoms with Crippen molar-refractivity contribution in [2.24, 2.45) is 0 Å². The first-order valence-electron chi connectivity index (χ1n) is 7.39. The topological polar surface area (TPSA) is 72.6 Å². The number of carbonyl (C=O) groups is 2. The molecule has 1 heterocycles. The molecule has 1 aromatic carbocycles. The molecule has 1 aliphatic rings. The van der Waals surface area contributed by atoms with Gasteiger partial charge in [0.15, 0.2) is 0 Å². The summed E-state index contributed by atoms with van der Waals surface area (Å²) in [7, 11) is 0. The van der Waals surface area contributed by atoms with E-state index in [1.54, 1.807) is 30.0 Å². The number of benzene rings is 1. The molecule has 114 valence electrons. The highest BCUT2D eigenvalue weighted by Crippen LogP contribution is 2.24. The highest BCUT2D eigenvalue weighted by molar-refractivity contribution is 5.99. The zero-order chi connectivity index (χ0) is 15.4. The van der Waals surface area contributed by atoms with Crippen molar-refractivity contribution in [3.63, 3.8) is 0 Å². The van der Waals surface area contributed by atoms with E-state index in [4.69, 9.17) is 10.5 Å². The van der Waals surface area contributed by atoms with Crippen molar-refractivity contribution >= 4 is 17.6 Å². The fourth-order valence-electron chi connectivity index (χ4n) is 2.70. The van der Waals surface area contributed by atoms with E-state index >= 15 is 0 Å². The molecule has 0 aromatic heterocycles. The Balaban J connectivity index is 2.26. The van der Waals surface area contributed by atoms with Crippen LogP contribution < -0.4 is 5.73 Å². The molecule has 5 heteroatoms. The Labute approximate surface area is 125 Å². The lowest BCUT2D eigenvalue weighted by molar-refractivity contribution is -0.149. The van der Waals surface area contributed by atoms with E-state index in [0.29, 0.717) is 30.8 Å². The molecule has 1 unspecified atom stereocenters. The second kappa shape index (κ2) is 6.61. The Hall–Kier alpha value is -2.04. The number of piperidine rings is 1. The Morgan fingerprint density at radius 2 is 2.14 bits per heavy atom. The molecular weight excluding hydrogens is 268 g/mol. The van der Waals surface area contributed by atoms with Crippen LogP contribution in [0.5, 0.6) is 0 Å². The zero-order valence-electron chi connectivity index (χ0n) is 12.6. The predicted molar refractivity (Wildman–Crippen MR) is 80.9 cm³/mol. The Morgan fingerprint density at radius 3 is 2.86 bits per heavy atom. The van der Waals surface area contributed by atoms with Gasteiger partial charge in [-0.2, -0.15) is 0 Å². The first-order valence-corrected chi connectivity index (χ1v) is 7.39. The fourth-order valence-corrected chi connectivity index (χ4v) is 2.70. The van der Waals surface area contributed by atoms with Gasteiger partial charge in [-0.3, -0.25) is 4.79 Å².